The second kappa shape index (κ2) is 5.45. The summed E-state index contributed by atoms with van der Waals surface area (Å²) in [7, 11) is 0. The van der Waals surface area contributed by atoms with Crippen LogP contribution in [0.25, 0.3) is 0 Å². The molecule has 5 heteroatoms. The van der Waals surface area contributed by atoms with Crippen LogP contribution in [0.4, 0.5) is 21.5 Å². The smallest absolute Gasteiger partial charge is 0.138 e. The van der Waals surface area contributed by atoms with E-state index in [9.17, 15) is 4.39 Å². The number of nitrogens with zero attached hydrogens (tertiary/aromatic N) is 1. The van der Waals surface area contributed by atoms with Crippen molar-refractivity contribution in [1.82, 2.24) is 0 Å². The van der Waals surface area contributed by atoms with Crippen molar-refractivity contribution >= 4 is 39.7 Å². The summed E-state index contributed by atoms with van der Waals surface area (Å²) in [5.41, 5.74) is 8.76. The van der Waals surface area contributed by atoms with Crippen LogP contribution < -0.4 is 11.1 Å². The molecule has 0 heterocycles. The third-order valence-corrected chi connectivity index (χ3v) is 3.57. The average Bonchev–Trinajstić information content (AvgIpc) is 2.36. The number of rotatable bonds is 2. The highest BCUT2D eigenvalue weighted by atomic mass is 127. The topological polar surface area (TPSA) is 61.8 Å². The fraction of sp³-hybridized carbons (Fsp3) is 0.0714. The highest BCUT2D eigenvalue weighted by Crippen LogP contribution is 2.29. The van der Waals surface area contributed by atoms with Gasteiger partial charge in [-0.1, -0.05) is 12.1 Å². The Kier molecular flexibility index (Phi) is 3.90. The van der Waals surface area contributed by atoms with Gasteiger partial charge in [0.15, 0.2) is 0 Å². The Morgan fingerprint density at radius 1 is 1.32 bits per heavy atom. The van der Waals surface area contributed by atoms with Crippen LogP contribution in [0.5, 0.6) is 0 Å². The van der Waals surface area contributed by atoms with Crippen molar-refractivity contribution in [3.8, 4) is 6.07 Å². The molecule has 3 N–H and O–H groups in total. The lowest BCUT2D eigenvalue weighted by Gasteiger charge is -2.12. The van der Waals surface area contributed by atoms with Gasteiger partial charge in [-0.3, -0.25) is 0 Å². The molecule has 0 aromatic heterocycles. The quantitative estimate of drug-likeness (QED) is 0.625. The van der Waals surface area contributed by atoms with Crippen LogP contribution in [-0.4, -0.2) is 0 Å². The standard InChI is InChI=1S/C14H11FIN3/c1-8-3-2-4-13(9(8)7-17)19-14-5-10(15)11(16)6-12(14)18/h2-6,19H,18H2,1H3. The maximum Gasteiger partial charge on any atom is 0.138 e. The van der Waals surface area contributed by atoms with Crippen molar-refractivity contribution in [1.29, 1.82) is 5.26 Å². The van der Waals surface area contributed by atoms with Gasteiger partial charge in [0.05, 0.1) is 26.2 Å². The second-order valence-electron chi connectivity index (χ2n) is 4.09. The van der Waals surface area contributed by atoms with Crippen LogP contribution in [0.3, 0.4) is 0 Å². The number of benzene rings is 2. The molecule has 0 amide bonds. The first-order chi connectivity index (χ1) is 9.02. The molecule has 0 atom stereocenters. The van der Waals surface area contributed by atoms with Gasteiger partial charge in [-0.2, -0.15) is 5.26 Å². The van der Waals surface area contributed by atoms with Gasteiger partial charge in [0.25, 0.3) is 0 Å². The molecule has 3 nitrogen and oxygen atoms in total. The zero-order chi connectivity index (χ0) is 14.0. The summed E-state index contributed by atoms with van der Waals surface area (Å²) in [6.45, 7) is 1.85. The Morgan fingerprint density at radius 2 is 2.05 bits per heavy atom. The third kappa shape index (κ3) is 2.79. The monoisotopic (exact) mass is 367 g/mol. The highest BCUT2D eigenvalue weighted by Gasteiger charge is 2.09. The molecular formula is C14H11FIN3. The Labute approximate surface area is 124 Å². The van der Waals surface area contributed by atoms with Gasteiger partial charge in [0, 0.05) is 6.07 Å². The van der Waals surface area contributed by atoms with Gasteiger partial charge in [-0.15, -0.1) is 0 Å². The third-order valence-electron chi connectivity index (χ3n) is 2.75. The van der Waals surface area contributed by atoms with Crippen LogP contribution >= 0.6 is 22.6 Å². The Bertz CT molecular complexity index is 677. The molecular weight excluding hydrogens is 356 g/mol. The lowest BCUT2D eigenvalue weighted by atomic mass is 10.1. The van der Waals surface area contributed by atoms with E-state index in [1.54, 1.807) is 12.1 Å². The number of anilines is 3. The minimum absolute atomic E-state index is 0.344. The number of nitrogen functional groups attached to an aromatic ring is 1. The van der Waals surface area contributed by atoms with E-state index in [4.69, 9.17) is 11.0 Å². The maximum atomic E-state index is 13.6. The van der Waals surface area contributed by atoms with Gasteiger partial charge in [-0.25, -0.2) is 4.39 Å². The summed E-state index contributed by atoms with van der Waals surface area (Å²) in [6.07, 6.45) is 0. The van der Waals surface area contributed by atoms with E-state index >= 15 is 0 Å². The lowest BCUT2D eigenvalue weighted by Crippen LogP contribution is -2.01. The summed E-state index contributed by atoms with van der Waals surface area (Å²) >= 11 is 1.88. The zero-order valence-corrected chi connectivity index (χ0v) is 12.3. The largest absolute Gasteiger partial charge is 0.397 e. The van der Waals surface area contributed by atoms with E-state index in [0.29, 0.717) is 26.2 Å². The van der Waals surface area contributed by atoms with Crippen LogP contribution in [0.2, 0.25) is 0 Å². The molecule has 0 radical (unpaired) electrons. The molecule has 96 valence electrons. The number of nitriles is 1. The molecule has 0 saturated carbocycles. The van der Waals surface area contributed by atoms with Gasteiger partial charge < -0.3 is 11.1 Å². The fourth-order valence-corrected chi connectivity index (χ4v) is 2.23. The Hall–Kier alpha value is -1.81. The molecule has 0 aliphatic heterocycles. The molecule has 0 saturated heterocycles. The molecule has 2 rings (SSSR count). The number of nitrogens with one attached hydrogen (secondary N) is 1. The predicted molar refractivity (Wildman–Crippen MR) is 82.7 cm³/mol. The minimum Gasteiger partial charge on any atom is -0.397 e. The van der Waals surface area contributed by atoms with Gasteiger partial charge in [0.1, 0.15) is 11.9 Å². The van der Waals surface area contributed by atoms with E-state index in [1.165, 1.54) is 6.07 Å². The fourth-order valence-electron chi connectivity index (χ4n) is 1.74. The average molecular weight is 367 g/mol. The Morgan fingerprint density at radius 3 is 2.74 bits per heavy atom. The van der Waals surface area contributed by atoms with E-state index in [0.717, 1.165) is 5.56 Å². The van der Waals surface area contributed by atoms with E-state index in [1.807, 2.05) is 41.6 Å². The molecule has 0 fully saturated rings. The molecule has 0 aliphatic rings. The van der Waals surface area contributed by atoms with E-state index < -0.39 is 0 Å². The molecule has 0 bridgehead atoms. The van der Waals surface area contributed by atoms with Gasteiger partial charge in [-0.05, 0) is 47.2 Å². The predicted octanol–water partition coefficient (Wildman–Crippen LogP) is 3.94. The van der Waals surface area contributed by atoms with Crippen LogP contribution in [-0.2, 0) is 0 Å². The van der Waals surface area contributed by atoms with Crippen molar-refractivity contribution in [2.24, 2.45) is 0 Å². The van der Waals surface area contributed by atoms with Crippen molar-refractivity contribution in [2.75, 3.05) is 11.1 Å². The van der Waals surface area contributed by atoms with Gasteiger partial charge >= 0.3 is 0 Å². The minimum atomic E-state index is -0.344. The van der Waals surface area contributed by atoms with Crippen LogP contribution in [0, 0.1) is 27.6 Å². The maximum absolute atomic E-state index is 13.6. The molecule has 0 aliphatic carbocycles. The van der Waals surface area contributed by atoms with Gasteiger partial charge in [0.2, 0.25) is 0 Å². The number of hydrogen-bond acceptors (Lipinski definition) is 3. The number of hydrogen-bond donors (Lipinski definition) is 2. The molecule has 0 spiro atoms. The molecule has 2 aromatic rings. The first kappa shape index (κ1) is 13.6. The number of halogens is 2. The normalized spacial score (nSPS) is 10.0. The first-order valence-corrected chi connectivity index (χ1v) is 6.62. The molecule has 2 aromatic carbocycles. The van der Waals surface area contributed by atoms with Crippen molar-refractivity contribution in [2.45, 2.75) is 6.92 Å². The first-order valence-electron chi connectivity index (χ1n) is 5.54. The summed E-state index contributed by atoms with van der Waals surface area (Å²) in [5.74, 6) is -0.344. The van der Waals surface area contributed by atoms with Crippen LogP contribution in [0.15, 0.2) is 30.3 Å². The summed E-state index contributed by atoms with van der Waals surface area (Å²) in [5, 5.41) is 12.2. The van der Waals surface area contributed by atoms with E-state index in [2.05, 4.69) is 11.4 Å². The summed E-state index contributed by atoms with van der Waals surface area (Å²) < 4.78 is 14.0. The van der Waals surface area contributed by atoms with Crippen LogP contribution in [0.1, 0.15) is 11.1 Å². The highest BCUT2D eigenvalue weighted by molar-refractivity contribution is 14.1. The zero-order valence-electron chi connectivity index (χ0n) is 10.2. The molecule has 19 heavy (non-hydrogen) atoms. The number of nitrogens with two attached hydrogens (primary N) is 1. The summed E-state index contributed by atoms with van der Waals surface area (Å²) in [4.78, 5) is 0. The second-order valence-corrected chi connectivity index (χ2v) is 5.25. The van der Waals surface area contributed by atoms with Crippen molar-refractivity contribution in [3.05, 3.63) is 50.8 Å². The summed E-state index contributed by atoms with van der Waals surface area (Å²) in [6, 6.07) is 10.5. The van der Waals surface area contributed by atoms with Crippen molar-refractivity contribution < 1.29 is 4.39 Å². The number of aryl methyl sites for hydroxylation is 1. The Balaban J connectivity index is 2.45. The SMILES string of the molecule is Cc1cccc(Nc2cc(F)c(I)cc2N)c1C#N. The molecule has 0 unspecified atom stereocenters. The lowest BCUT2D eigenvalue weighted by molar-refractivity contribution is 0.621. The van der Waals surface area contributed by atoms with Crippen molar-refractivity contribution in [3.63, 3.8) is 0 Å². The van der Waals surface area contributed by atoms with E-state index in [-0.39, 0.29) is 5.82 Å².